The van der Waals surface area contributed by atoms with Gasteiger partial charge in [0.25, 0.3) is 0 Å². The van der Waals surface area contributed by atoms with E-state index in [1.807, 2.05) is 6.92 Å². The molecule has 1 heterocycles. The number of hydrogen-bond acceptors (Lipinski definition) is 3. The predicted molar refractivity (Wildman–Crippen MR) is 59.2 cm³/mol. The number of hydrogen-bond donors (Lipinski definition) is 2. The molecular weight excluding hydrogens is 190 g/mol. The Bertz CT molecular complexity index is 368. The summed E-state index contributed by atoms with van der Waals surface area (Å²) in [6, 6.07) is 3.45. The first-order valence-corrected chi connectivity index (χ1v) is 5.13. The van der Waals surface area contributed by atoms with Crippen LogP contribution in [-0.4, -0.2) is 10.9 Å². The Morgan fingerprint density at radius 1 is 1.53 bits per heavy atom. The third-order valence-electron chi connectivity index (χ3n) is 3.05. The highest BCUT2D eigenvalue weighted by Crippen LogP contribution is 2.41. The van der Waals surface area contributed by atoms with Gasteiger partial charge in [0.1, 0.15) is 5.82 Å². The molecule has 0 aromatic carbocycles. The molecule has 1 amide bonds. The first kappa shape index (κ1) is 9.96. The van der Waals surface area contributed by atoms with Crippen molar-refractivity contribution in [3.63, 3.8) is 0 Å². The monoisotopic (exact) mass is 205 g/mol. The first-order valence-electron chi connectivity index (χ1n) is 5.13. The summed E-state index contributed by atoms with van der Waals surface area (Å²) >= 11 is 0. The Labute approximate surface area is 88.9 Å². The number of rotatable bonds is 2. The number of nitrogens with two attached hydrogens (primary N) is 1. The molecule has 15 heavy (non-hydrogen) atoms. The summed E-state index contributed by atoms with van der Waals surface area (Å²) < 4.78 is 0. The highest BCUT2D eigenvalue weighted by molar-refractivity contribution is 5.95. The fourth-order valence-electron chi connectivity index (χ4n) is 1.70. The topological polar surface area (TPSA) is 68.0 Å². The van der Waals surface area contributed by atoms with Gasteiger partial charge in [0.05, 0.1) is 11.9 Å². The smallest absolute Gasteiger partial charge is 0.230 e. The van der Waals surface area contributed by atoms with Gasteiger partial charge in [0.2, 0.25) is 5.91 Å². The Hall–Kier alpha value is -1.58. The molecule has 80 valence electrons. The summed E-state index contributed by atoms with van der Waals surface area (Å²) in [7, 11) is 0. The molecule has 0 radical (unpaired) electrons. The van der Waals surface area contributed by atoms with Crippen LogP contribution in [0.1, 0.15) is 26.2 Å². The fraction of sp³-hybridized carbons (Fsp3) is 0.455. The van der Waals surface area contributed by atoms with Gasteiger partial charge in [-0.1, -0.05) is 13.3 Å². The molecule has 2 rings (SSSR count). The number of anilines is 2. The zero-order valence-corrected chi connectivity index (χ0v) is 8.79. The van der Waals surface area contributed by atoms with Crippen LogP contribution in [0.4, 0.5) is 11.5 Å². The van der Waals surface area contributed by atoms with Crippen LogP contribution >= 0.6 is 0 Å². The van der Waals surface area contributed by atoms with Gasteiger partial charge in [-0.2, -0.15) is 0 Å². The highest BCUT2D eigenvalue weighted by Gasteiger charge is 2.39. The normalized spacial score (nSPS) is 17.9. The van der Waals surface area contributed by atoms with Gasteiger partial charge in [-0.05, 0) is 25.0 Å². The SMILES string of the molecule is CC1(C(=O)Nc2ccc(N)nc2)CCC1. The van der Waals surface area contributed by atoms with Crippen molar-refractivity contribution in [1.82, 2.24) is 4.98 Å². The molecule has 0 unspecified atom stereocenters. The predicted octanol–water partition coefficient (Wildman–Crippen LogP) is 1.79. The van der Waals surface area contributed by atoms with Crippen LogP contribution in [0.25, 0.3) is 0 Å². The van der Waals surface area contributed by atoms with Crippen molar-refractivity contribution >= 4 is 17.4 Å². The average Bonchev–Trinajstić information content (AvgIpc) is 2.18. The van der Waals surface area contributed by atoms with Gasteiger partial charge in [-0.25, -0.2) is 4.98 Å². The van der Waals surface area contributed by atoms with E-state index in [1.165, 1.54) is 0 Å². The molecule has 0 aliphatic heterocycles. The summed E-state index contributed by atoms with van der Waals surface area (Å²) in [5, 5.41) is 2.85. The molecule has 1 aromatic rings. The molecule has 0 saturated heterocycles. The van der Waals surface area contributed by atoms with E-state index in [2.05, 4.69) is 10.3 Å². The quantitative estimate of drug-likeness (QED) is 0.773. The van der Waals surface area contributed by atoms with E-state index in [-0.39, 0.29) is 11.3 Å². The van der Waals surface area contributed by atoms with Crippen LogP contribution in [0.15, 0.2) is 18.3 Å². The van der Waals surface area contributed by atoms with E-state index in [4.69, 9.17) is 5.73 Å². The molecule has 4 heteroatoms. The molecule has 1 aromatic heterocycles. The largest absolute Gasteiger partial charge is 0.384 e. The van der Waals surface area contributed by atoms with E-state index >= 15 is 0 Å². The van der Waals surface area contributed by atoms with Crippen molar-refractivity contribution in [3.8, 4) is 0 Å². The van der Waals surface area contributed by atoms with Gasteiger partial charge < -0.3 is 11.1 Å². The number of aromatic nitrogens is 1. The zero-order valence-electron chi connectivity index (χ0n) is 8.79. The van der Waals surface area contributed by atoms with Crippen LogP contribution in [0.5, 0.6) is 0 Å². The third-order valence-corrected chi connectivity index (χ3v) is 3.05. The Morgan fingerprint density at radius 3 is 2.73 bits per heavy atom. The van der Waals surface area contributed by atoms with Gasteiger partial charge >= 0.3 is 0 Å². The fourth-order valence-corrected chi connectivity index (χ4v) is 1.70. The van der Waals surface area contributed by atoms with Gasteiger partial charge in [-0.15, -0.1) is 0 Å². The van der Waals surface area contributed by atoms with E-state index in [9.17, 15) is 4.79 Å². The molecular formula is C11H15N3O. The minimum Gasteiger partial charge on any atom is -0.384 e. The third kappa shape index (κ3) is 1.93. The lowest BCUT2D eigenvalue weighted by atomic mass is 9.70. The van der Waals surface area contributed by atoms with Crippen LogP contribution in [-0.2, 0) is 4.79 Å². The van der Waals surface area contributed by atoms with E-state index < -0.39 is 0 Å². The van der Waals surface area contributed by atoms with E-state index in [0.29, 0.717) is 11.5 Å². The number of amides is 1. The van der Waals surface area contributed by atoms with Gasteiger partial charge in [0.15, 0.2) is 0 Å². The molecule has 4 nitrogen and oxygen atoms in total. The maximum atomic E-state index is 11.8. The van der Waals surface area contributed by atoms with E-state index in [1.54, 1.807) is 18.3 Å². The van der Waals surface area contributed by atoms with Crippen molar-refractivity contribution in [2.45, 2.75) is 26.2 Å². The summed E-state index contributed by atoms with van der Waals surface area (Å²) in [5.74, 6) is 0.545. The zero-order chi connectivity index (χ0) is 10.9. The summed E-state index contributed by atoms with van der Waals surface area (Å²) in [6.45, 7) is 2.00. The van der Waals surface area contributed by atoms with Crippen molar-refractivity contribution in [1.29, 1.82) is 0 Å². The lowest BCUT2D eigenvalue weighted by Crippen LogP contribution is -2.39. The summed E-state index contributed by atoms with van der Waals surface area (Å²) in [6.07, 6.45) is 4.67. The molecule has 3 N–H and O–H groups in total. The van der Waals surface area contributed by atoms with Crippen LogP contribution in [0.2, 0.25) is 0 Å². The Balaban J connectivity index is 2.02. The second kappa shape index (κ2) is 3.53. The number of nitrogens with one attached hydrogen (secondary N) is 1. The molecule has 1 aliphatic carbocycles. The van der Waals surface area contributed by atoms with Crippen molar-refractivity contribution < 1.29 is 4.79 Å². The molecule has 1 saturated carbocycles. The molecule has 0 spiro atoms. The molecule has 0 atom stereocenters. The molecule has 0 bridgehead atoms. The first-order chi connectivity index (χ1) is 7.10. The number of carbonyl (C=O) groups excluding carboxylic acids is 1. The second-order valence-electron chi connectivity index (χ2n) is 4.34. The number of carbonyl (C=O) groups is 1. The van der Waals surface area contributed by atoms with Crippen molar-refractivity contribution in [3.05, 3.63) is 18.3 Å². The van der Waals surface area contributed by atoms with Crippen LogP contribution < -0.4 is 11.1 Å². The Kier molecular flexibility index (Phi) is 2.34. The minimum absolute atomic E-state index is 0.0836. The number of pyridine rings is 1. The standard InChI is InChI=1S/C11H15N3O/c1-11(5-2-6-11)10(15)14-8-3-4-9(12)13-7-8/h3-4,7H,2,5-6H2,1H3,(H2,12,13)(H,14,15). The van der Waals surface area contributed by atoms with Crippen molar-refractivity contribution in [2.24, 2.45) is 5.41 Å². The number of nitrogens with zero attached hydrogens (tertiary/aromatic N) is 1. The molecule has 1 aliphatic rings. The van der Waals surface area contributed by atoms with Gasteiger partial charge in [-0.3, -0.25) is 4.79 Å². The average molecular weight is 205 g/mol. The number of nitrogen functional groups attached to an aromatic ring is 1. The maximum Gasteiger partial charge on any atom is 0.230 e. The maximum absolute atomic E-state index is 11.8. The summed E-state index contributed by atoms with van der Waals surface area (Å²) in [5.41, 5.74) is 5.99. The summed E-state index contributed by atoms with van der Waals surface area (Å²) in [4.78, 5) is 15.8. The van der Waals surface area contributed by atoms with Gasteiger partial charge in [0, 0.05) is 5.41 Å². The van der Waals surface area contributed by atoms with Crippen LogP contribution in [0.3, 0.4) is 0 Å². The lowest BCUT2D eigenvalue weighted by molar-refractivity contribution is -0.128. The highest BCUT2D eigenvalue weighted by atomic mass is 16.2. The second-order valence-corrected chi connectivity index (χ2v) is 4.34. The van der Waals surface area contributed by atoms with Crippen LogP contribution in [0, 0.1) is 5.41 Å². The van der Waals surface area contributed by atoms with E-state index in [0.717, 1.165) is 19.3 Å². The lowest BCUT2D eigenvalue weighted by Gasteiger charge is -2.36. The minimum atomic E-state index is -0.179. The van der Waals surface area contributed by atoms with Crippen molar-refractivity contribution in [2.75, 3.05) is 11.1 Å². The molecule has 1 fully saturated rings. The Morgan fingerprint density at radius 2 is 2.27 bits per heavy atom.